The first-order chi connectivity index (χ1) is 56.4. The van der Waals surface area contributed by atoms with Gasteiger partial charge in [0.25, 0.3) is 0 Å². The van der Waals surface area contributed by atoms with Crippen LogP contribution in [-0.4, -0.2) is 39.0 Å². The van der Waals surface area contributed by atoms with Crippen LogP contribution >= 0.6 is 0 Å². The van der Waals surface area contributed by atoms with Gasteiger partial charge in [-0.15, -0.1) is 0 Å². The van der Waals surface area contributed by atoms with Gasteiger partial charge in [-0.25, -0.2) is 29.9 Å². The molecule has 0 saturated carbocycles. The molecule has 0 aliphatic carbocycles. The largest absolute Gasteiger partial charge is 0.456 e. The highest BCUT2D eigenvalue weighted by Gasteiger charge is 2.27. The lowest BCUT2D eigenvalue weighted by molar-refractivity contribution is 0.668. The molecule has 0 saturated heterocycles. The van der Waals surface area contributed by atoms with Gasteiger partial charge >= 0.3 is 0 Å². The van der Waals surface area contributed by atoms with Gasteiger partial charge in [0.15, 0.2) is 34.9 Å². The lowest BCUT2D eigenvalue weighted by Crippen LogP contribution is -2.02. The lowest BCUT2D eigenvalue weighted by Gasteiger charge is -2.14. The molecule has 0 aliphatic heterocycles. The first-order valence-electron chi connectivity index (χ1n) is 38.4. The summed E-state index contributed by atoms with van der Waals surface area (Å²) in [4.78, 5) is 32.7. The van der Waals surface area contributed by atoms with Crippen LogP contribution in [-0.2, 0) is 0 Å². The first-order valence-corrected chi connectivity index (χ1v) is 38.4. The average molecular weight is 1450 g/mol. The Balaban J connectivity index is 0.676. The maximum Gasteiger partial charge on any atom is 0.164 e. The molecule has 18 aromatic carbocycles. The molecule has 0 atom stereocenters. The predicted molar refractivity (Wildman–Crippen MR) is 467 cm³/mol. The third-order valence-corrected chi connectivity index (χ3v) is 23.1. The summed E-state index contributed by atoms with van der Waals surface area (Å²) in [6, 6.07) is 129. The second-order valence-electron chi connectivity index (χ2n) is 29.7. The molecule has 0 amide bonds. The molecule has 10 heteroatoms. The van der Waals surface area contributed by atoms with Crippen LogP contribution in [0.3, 0.4) is 0 Å². The fraction of sp³-hybridized carbons (Fsp3) is 0. The minimum atomic E-state index is 0.516. The van der Waals surface area contributed by atoms with Gasteiger partial charge in [0, 0.05) is 65.7 Å². The Morgan fingerprint density at radius 2 is 0.561 bits per heavy atom. The number of aromatic nitrogens is 8. The van der Waals surface area contributed by atoms with Crippen LogP contribution in [0.5, 0.6) is 0 Å². The summed E-state index contributed by atoms with van der Waals surface area (Å²) in [6.07, 6.45) is 0. The summed E-state index contributed by atoms with van der Waals surface area (Å²) in [5, 5.41) is 19.6. The van der Waals surface area contributed by atoms with Crippen molar-refractivity contribution >= 4 is 141 Å². The zero-order valence-corrected chi connectivity index (χ0v) is 61.0. The Hall–Kier alpha value is -15.5. The van der Waals surface area contributed by atoms with Gasteiger partial charge < -0.3 is 18.0 Å². The van der Waals surface area contributed by atoms with Gasteiger partial charge in [-0.2, -0.15) is 0 Å². The van der Waals surface area contributed by atoms with E-state index in [2.05, 4.69) is 349 Å². The van der Waals surface area contributed by atoms with E-state index in [4.69, 9.17) is 38.7 Å². The maximum absolute atomic E-state index is 6.98. The molecule has 528 valence electrons. The molecule has 10 nitrogen and oxygen atoms in total. The molecule has 0 spiro atoms. The van der Waals surface area contributed by atoms with E-state index in [-0.39, 0.29) is 0 Å². The highest BCUT2D eigenvalue weighted by atomic mass is 16.3. The van der Waals surface area contributed by atoms with Crippen molar-refractivity contribution in [1.82, 2.24) is 39.0 Å². The smallest absolute Gasteiger partial charge is 0.164 e. The minimum absolute atomic E-state index is 0.516. The van der Waals surface area contributed by atoms with Crippen molar-refractivity contribution in [1.29, 1.82) is 0 Å². The number of para-hydroxylation sites is 3. The topological polar surface area (TPSA) is 113 Å². The van der Waals surface area contributed by atoms with Gasteiger partial charge in [-0.3, -0.25) is 0 Å². The molecule has 6 heterocycles. The molecule has 114 heavy (non-hydrogen) atoms. The molecule has 0 radical (unpaired) electrons. The quantitative estimate of drug-likeness (QED) is 0.133. The number of hydrogen-bond donors (Lipinski definition) is 0. The Morgan fingerprint density at radius 3 is 1.18 bits per heavy atom. The minimum Gasteiger partial charge on any atom is -0.456 e. The molecular formula is C104H60N8O2. The summed E-state index contributed by atoms with van der Waals surface area (Å²) in [5.74, 6) is 3.29. The van der Waals surface area contributed by atoms with Gasteiger partial charge in [-0.05, 0) is 167 Å². The van der Waals surface area contributed by atoms with E-state index in [1.165, 1.54) is 10.8 Å². The fourth-order valence-corrected chi connectivity index (χ4v) is 17.7. The summed E-state index contributed by atoms with van der Waals surface area (Å²) in [6.45, 7) is 0. The third-order valence-electron chi connectivity index (χ3n) is 23.1. The Labute approximate surface area is 651 Å². The fourth-order valence-electron chi connectivity index (χ4n) is 17.7. The second kappa shape index (κ2) is 25.0. The number of fused-ring (bicyclic) bond motifs is 17. The molecule has 24 aromatic rings. The predicted octanol–water partition coefficient (Wildman–Crippen LogP) is 27.2. The molecule has 0 bridgehead atoms. The molecular weight excluding hydrogens is 1390 g/mol. The Bertz CT molecular complexity index is 8190. The van der Waals surface area contributed by atoms with Crippen LogP contribution in [0.2, 0.25) is 0 Å². The monoisotopic (exact) mass is 1450 g/mol. The highest BCUT2D eigenvalue weighted by Crippen LogP contribution is 2.47. The van der Waals surface area contributed by atoms with E-state index in [9.17, 15) is 0 Å². The van der Waals surface area contributed by atoms with E-state index >= 15 is 0 Å². The van der Waals surface area contributed by atoms with Crippen LogP contribution in [0.25, 0.3) is 243 Å². The van der Waals surface area contributed by atoms with Crippen molar-refractivity contribution in [3.05, 3.63) is 364 Å². The summed E-state index contributed by atoms with van der Waals surface area (Å²) in [7, 11) is 0. The van der Waals surface area contributed by atoms with Gasteiger partial charge in [0.2, 0.25) is 0 Å². The zero-order valence-electron chi connectivity index (χ0n) is 61.0. The van der Waals surface area contributed by atoms with Crippen LogP contribution in [0.1, 0.15) is 0 Å². The number of furan rings is 2. The molecule has 0 unspecified atom stereocenters. The molecule has 6 aromatic heterocycles. The maximum atomic E-state index is 6.98. The van der Waals surface area contributed by atoms with Crippen molar-refractivity contribution in [2.24, 2.45) is 0 Å². The van der Waals surface area contributed by atoms with Crippen molar-refractivity contribution in [3.8, 4) is 102 Å². The number of nitrogens with zero attached hydrogens (tertiary/aromatic N) is 8. The zero-order chi connectivity index (χ0) is 74.6. The van der Waals surface area contributed by atoms with Crippen molar-refractivity contribution in [2.45, 2.75) is 0 Å². The molecule has 24 rings (SSSR count). The lowest BCUT2D eigenvalue weighted by atomic mass is 9.97. The summed E-state index contributed by atoms with van der Waals surface area (Å²) < 4.78 is 18.7. The Kier molecular flexibility index (Phi) is 13.9. The van der Waals surface area contributed by atoms with Crippen molar-refractivity contribution in [3.63, 3.8) is 0 Å². The van der Waals surface area contributed by atoms with Crippen molar-refractivity contribution in [2.75, 3.05) is 0 Å². The van der Waals surface area contributed by atoms with Gasteiger partial charge in [-0.1, -0.05) is 273 Å². The number of hydrogen-bond acceptors (Lipinski definition) is 8. The highest BCUT2D eigenvalue weighted by molar-refractivity contribution is 6.20. The van der Waals surface area contributed by atoms with E-state index < -0.39 is 0 Å². The standard InChI is InChI=1S/C104H60N8O2/c1-2-20-61(21-3-1)63-40-43-65(44-41-63)99-105-101(75-57-91(97-82-33-13-16-38-93(82)113-95(97)59-75)111-87-37-15-12-32-79(87)84-52-67-25-6-8-27-69(67)55-89(84)111)109-104(107-99)81-36-19-30-73-50-71(46-48-78(73)81)72-47-49-88-85(54-72)86-53-68-26-7-9-28-70(68)56-90(86)112(88)92-58-76(60-96-98(92)83-34-14-17-39-94(83)114-96)102-106-100(74-45-42-62-22-4-5-24-66(62)51-74)108-103(110-102)80-35-18-29-64-23-10-11-31-77(64)80/h1-60H. The first kappa shape index (κ1) is 63.4. The SMILES string of the molecule is c1ccc(-c2ccc(-c3nc(-c4cc(-n5c6ccccc6c6cc7ccccc7cc65)c5c(c4)oc4ccccc45)nc(-c4cccc5cc(-c6ccc7c(c6)c6cc8ccccc8cc6n7-c6cc(-c7nc(-c8ccc9ccccc9c8)nc(-c8cccc9ccccc89)n7)cc7oc8ccccc8c67)ccc45)n3)cc2)cc1. The van der Waals surface area contributed by atoms with E-state index in [0.29, 0.717) is 34.9 Å². The molecule has 0 aliphatic rings. The van der Waals surface area contributed by atoms with Crippen LogP contribution < -0.4 is 0 Å². The Morgan fingerprint density at radius 1 is 0.175 bits per heavy atom. The molecule has 0 fully saturated rings. The average Bonchev–Trinajstić information content (AvgIpc) is 1.56. The second-order valence-corrected chi connectivity index (χ2v) is 29.7. The number of benzene rings is 18. The van der Waals surface area contributed by atoms with Gasteiger partial charge in [0.1, 0.15) is 22.3 Å². The summed E-state index contributed by atoms with van der Waals surface area (Å²) >= 11 is 0. The van der Waals surface area contributed by atoms with E-state index in [1.807, 2.05) is 24.3 Å². The van der Waals surface area contributed by atoms with Crippen LogP contribution in [0.15, 0.2) is 373 Å². The van der Waals surface area contributed by atoms with E-state index in [1.54, 1.807) is 0 Å². The molecule has 0 N–H and O–H groups in total. The van der Waals surface area contributed by atoms with Crippen LogP contribution in [0, 0.1) is 0 Å². The van der Waals surface area contributed by atoms with E-state index in [0.717, 1.165) is 198 Å². The summed E-state index contributed by atoms with van der Waals surface area (Å²) in [5.41, 5.74) is 18.7. The normalized spacial score (nSPS) is 12.0. The van der Waals surface area contributed by atoms with Gasteiger partial charge in [0.05, 0.1) is 44.2 Å². The van der Waals surface area contributed by atoms with Crippen LogP contribution in [0.4, 0.5) is 0 Å². The third kappa shape index (κ3) is 10.1. The van der Waals surface area contributed by atoms with Crippen molar-refractivity contribution < 1.29 is 8.83 Å². The number of rotatable bonds is 10.